The first-order chi connectivity index (χ1) is 10.3. The molecule has 102 valence electrons. The maximum absolute atomic E-state index is 12.2. The second kappa shape index (κ2) is 4.59. The highest BCUT2D eigenvalue weighted by Crippen LogP contribution is 2.29. The predicted molar refractivity (Wildman–Crippen MR) is 82.0 cm³/mol. The van der Waals surface area contributed by atoms with Crippen molar-refractivity contribution in [3.05, 3.63) is 72.1 Å². The van der Waals surface area contributed by atoms with Crippen molar-refractivity contribution in [1.82, 2.24) is 10.3 Å². The third-order valence-corrected chi connectivity index (χ3v) is 3.77. The van der Waals surface area contributed by atoms with Crippen LogP contribution >= 0.6 is 0 Å². The lowest BCUT2D eigenvalue weighted by atomic mass is 10.0. The summed E-state index contributed by atoms with van der Waals surface area (Å²) in [6, 6.07) is 15.5. The van der Waals surface area contributed by atoms with Crippen LogP contribution in [0.25, 0.3) is 10.8 Å². The summed E-state index contributed by atoms with van der Waals surface area (Å²) in [5.74, 6) is -0.0552. The number of carbonyl (C=O) groups is 1. The number of nitrogens with zero attached hydrogens (tertiary/aromatic N) is 1. The van der Waals surface area contributed by atoms with Crippen molar-refractivity contribution >= 4 is 22.4 Å². The molecule has 1 aromatic heterocycles. The lowest BCUT2D eigenvalue weighted by Gasteiger charge is -2.28. The molecule has 0 aliphatic carbocycles. The predicted octanol–water partition coefficient (Wildman–Crippen LogP) is 3.09. The van der Waals surface area contributed by atoms with E-state index < -0.39 is 0 Å². The van der Waals surface area contributed by atoms with Crippen molar-refractivity contribution in [3.8, 4) is 0 Å². The van der Waals surface area contributed by atoms with Crippen LogP contribution in [0.4, 0.5) is 5.69 Å². The van der Waals surface area contributed by atoms with Gasteiger partial charge in [0.15, 0.2) is 0 Å². The number of nitrogens with one attached hydrogen (secondary N) is 2. The Bertz CT molecular complexity index is 839. The average molecular weight is 275 g/mol. The zero-order valence-electron chi connectivity index (χ0n) is 11.2. The standard InChI is InChI=1S/C17H13N3O/c21-17-14-5-1-2-7-15(14)19-16(20-17)13-6-3-4-11-10-18-9-8-12(11)13/h1-10,16,19H,(H,20,21). The van der Waals surface area contributed by atoms with Gasteiger partial charge in [0, 0.05) is 29.0 Å². The zero-order valence-corrected chi connectivity index (χ0v) is 11.2. The van der Waals surface area contributed by atoms with E-state index in [-0.39, 0.29) is 12.1 Å². The van der Waals surface area contributed by atoms with E-state index in [2.05, 4.69) is 15.6 Å². The van der Waals surface area contributed by atoms with Crippen molar-refractivity contribution < 1.29 is 4.79 Å². The minimum absolute atomic E-state index is 0.0552. The fraction of sp³-hybridized carbons (Fsp3) is 0.0588. The van der Waals surface area contributed by atoms with Gasteiger partial charge in [-0.2, -0.15) is 0 Å². The van der Waals surface area contributed by atoms with E-state index in [0.717, 1.165) is 22.0 Å². The lowest BCUT2D eigenvalue weighted by molar-refractivity contribution is 0.0936. The Balaban J connectivity index is 1.83. The zero-order chi connectivity index (χ0) is 14.2. The van der Waals surface area contributed by atoms with Gasteiger partial charge in [-0.1, -0.05) is 30.3 Å². The molecule has 0 spiro atoms. The van der Waals surface area contributed by atoms with Crippen LogP contribution < -0.4 is 10.6 Å². The van der Waals surface area contributed by atoms with E-state index in [0.29, 0.717) is 5.56 Å². The van der Waals surface area contributed by atoms with Crippen LogP contribution in [0.5, 0.6) is 0 Å². The van der Waals surface area contributed by atoms with Crippen molar-refractivity contribution in [2.24, 2.45) is 0 Å². The number of benzene rings is 2. The van der Waals surface area contributed by atoms with Gasteiger partial charge in [0.1, 0.15) is 6.17 Å². The van der Waals surface area contributed by atoms with E-state index in [1.807, 2.05) is 54.7 Å². The summed E-state index contributed by atoms with van der Waals surface area (Å²) < 4.78 is 0. The van der Waals surface area contributed by atoms with E-state index in [1.165, 1.54) is 0 Å². The number of rotatable bonds is 1. The van der Waals surface area contributed by atoms with Gasteiger partial charge in [-0.15, -0.1) is 0 Å². The van der Waals surface area contributed by atoms with E-state index in [9.17, 15) is 4.79 Å². The molecule has 3 aromatic rings. The van der Waals surface area contributed by atoms with Gasteiger partial charge in [-0.25, -0.2) is 0 Å². The molecule has 4 rings (SSSR count). The van der Waals surface area contributed by atoms with E-state index in [4.69, 9.17) is 0 Å². The minimum Gasteiger partial charge on any atom is -0.361 e. The van der Waals surface area contributed by atoms with Crippen LogP contribution in [0.15, 0.2) is 60.9 Å². The fourth-order valence-electron chi connectivity index (χ4n) is 2.76. The Morgan fingerprint density at radius 3 is 2.81 bits per heavy atom. The number of pyridine rings is 1. The molecule has 0 bridgehead atoms. The maximum Gasteiger partial charge on any atom is 0.255 e. The molecule has 0 saturated carbocycles. The van der Waals surface area contributed by atoms with Crippen molar-refractivity contribution in [2.45, 2.75) is 6.17 Å². The summed E-state index contributed by atoms with van der Waals surface area (Å²) >= 11 is 0. The van der Waals surface area contributed by atoms with Gasteiger partial charge in [0.05, 0.1) is 5.56 Å². The van der Waals surface area contributed by atoms with E-state index in [1.54, 1.807) is 6.20 Å². The summed E-state index contributed by atoms with van der Waals surface area (Å²) in [6.07, 6.45) is 3.36. The average Bonchev–Trinajstić information content (AvgIpc) is 2.54. The Labute approximate surface area is 121 Å². The van der Waals surface area contributed by atoms with Crippen LogP contribution in [0.2, 0.25) is 0 Å². The molecule has 0 radical (unpaired) electrons. The largest absolute Gasteiger partial charge is 0.361 e. The molecule has 1 aliphatic rings. The minimum atomic E-state index is -0.238. The summed E-state index contributed by atoms with van der Waals surface area (Å²) in [4.78, 5) is 16.4. The first-order valence-electron chi connectivity index (χ1n) is 6.82. The number of amides is 1. The van der Waals surface area contributed by atoms with Gasteiger partial charge in [0.25, 0.3) is 5.91 Å². The molecule has 4 heteroatoms. The second-order valence-corrected chi connectivity index (χ2v) is 5.04. The van der Waals surface area contributed by atoms with Gasteiger partial charge in [0.2, 0.25) is 0 Å². The van der Waals surface area contributed by atoms with Crippen molar-refractivity contribution in [2.75, 3.05) is 5.32 Å². The summed E-state index contributed by atoms with van der Waals surface area (Å²) in [6.45, 7) is 0. The van der Waals surface area contributed by atoms with Crippen LogP contribution in [0.3, 0.4) is 0 Å². The first kappa shape index (κ1) is 11.9. The third-order valence-electron chi connectivity index (χ3n) is 3.77. The maximum atomic E-state index is 12.2. The highest BCUT2D eigenvalue weighted by molar-refractivity contribution is 6.02. The third kappa shape index (κ3) is 1.92. The van der Waals surface area contributed by atoms with Crippen molar-refractivity contribution in [3.63, 3.8) is 0 Å². The number of anilines is 1. The van der Waals surface area contributed by atoms with Crippen LogP contribution in [0, 0.1) is 0 Å². The molecule has 0 saturated heterocycles. The Morgan fingerprint density at radius 2 is 1.86 bits per heavy atom. The smallest absolute Gasteiger partial charge is 0.255 e. The Kier molecular flexibility index (Phi) is 2.60. The van der Waals surface area contributed by atoms with Crippen LogP contribution in [-0.4, -0.2) is 10.9 Å². The fourth-order valence-corrected chi connectivity index (χ4v) is 2.76. The van der Waals surface area contributed by atoms with Gasteiger partial charge in [-0.05, 0) is 23.6 Å². The number of aromatic nitrogens is 1. The topological polar surface area (TPSA) is 54.0 Å². The number of hydrogen-bond acceptors (Lipinski definition) is 3. The summed E-state index contributed by atoms with van der Waals surface area (Å²) in [5, 5.41) is 8.54. The molecule has 0 fully saturated rings. The molecule has 1 amide bonds. The van der Waals surface area contributed by atoms with E-state index >= 15 is 0 Å². The summed E-state index contributed by atoms with van der Waals surface area (Å²) in [7, 11) is 0. The Morgan fingerprint density at radius 1 is 0.952 bits per heavy atom. The molecular formula is C17H13N3O. The van der Waals surface area contributed by atoms with Crippen LogP contribution in [-0.2, 0) is 0 Å². The number of hydrogen-bond donors (Lipinski definition) is 2. The Hall–Kier alpha value is -2.88. The second-order valence-electron chi connectivity index (χ2n) is 5.04. The van der Waals surface area contributed by atoms with Crippen LogP contribution in [0.1, 0.15) is 22.1 Å². The molecule has 21 heavy (non-hydrogen) atoms. The highest BCUT2D eigenvalue weighted by atomic mass is 16.2. The lowest BCUT2D eigenvalue weighted by Crippen LogP contribution is -2.38. The van der Waals surface area contributed by atoms with Crippen molar-refractivity contribution in [1.29, 1.82) is 0 Å². The molecule has 1 unspecified atom stereocenters. The SMILES string of the molecule is O=C1NC(c2cccc3cnccc23)Nc2ccccc21. The summed E-state index contributed by atoms with van der Waals surface area (Å²) in [5.41, 5.74) is 2.57. The molecule has 1 atom stereocenters. The quantitative estimate of drug-likeness (QED) is 0.717. The molecule has 4 nitrogen and oxygen atoms in total. The molecule has 2 heterocycles. The number of para-hydroxylation sites is 1. The molecule has 2 N–H and O–H groups in total. The molecular weight excluding hydrogens is 262 g/mol. The number of fused-ring (bicyclic) bond motifs is 2. The molecule has 2 aromatic carbocycles. The monoisotopic (exact) mass is 275 g/mol. The van der Waals surface area contributed by atoms with Gasteiger partial charge in [-0.3, -0.25) is 9.78 Å². The number of carbonyl (C=O) groups excluding carboxylic acids is 1. The molecule has 1 aliphatic heterocycles. The van der Waals surface area contributed by atoms with Gasteiger partial charge < -0.3 is 10.6 Å². The first-order valence-corrected chi connectivity index (χ1v) is 6.82. The highest BCUT2D eigenvalue weighted by Gasteiger charge is 2.24. The normalized spacial score (nSPS) is 17.0. The van der Waals surface area contributed by atoms with Gasteiger partial charge >= 0.3 is 0 Å².